The summed E-state index contributed by atoms with van der Waals surface area (Å²) >= 11 is 11.2. The Hall–Kier alpha value is -0.450. The standard InChI is InChI=1S/C7H6Cl2F2N2/c8-3-1-13-2-4(9)5(3)6(12)7(10)11/h1-2,6-7H,12H2/t6-/m1/s1. The van der Waals surface area contributed by atoms with Crippen LogP contribution in [0, 0.1) is 0 Å². The number of hydrogen-bond acceptors (Lipinski definition) is 2. The summed E-state index contributed by atoms with van der Waals surface area (Å²) in [7, 11) is 0. The summed E-state index contributed by atoms with van der Waals surface area (Å²) in [6.07, 6.45) is -0.242. The first-order valence-electron chi connectivity index (χ1n) is 3.36. The second-order valence-corrected chi connectivity index (χ2v) is 3.19. The fraction of sp³-hybridized carbons (Fsp3) is 0.286. The zero-order valence-electron chi connectivity index (χ0n) is 6.35. The predicted molar refractivity (Wildman–Crippen MR) is 47.2 cm³/mol. The maximum Gasteiger partial charge on any atom is 0.257 e. The molecule has 0 fully saturated rings. The molecule has 0 spiro atoms. The van der Waals surface area contributed by atoms with Crippen LogP contribution in [0.15, 0.2) is 12.4 Å². The Bertz CT molecular complexity index is 286. The van der Waals surface area contributed by atoms with Gasteiger partial charge in [0.1, 0.15) is 0 Å². The van der Waals surface area contributed by atoms with Crippen LogP contribution in [0.3, 0.4) is 0 Å². The summed E-state index contributed by atoms with van der Waals surface area (Å²) in [5, 5.41) is 0.112. The molecule has 2 N–H and O–H groups in total. The second-order valence-electron chi connectivity index (χ2n) is 2.38. The van der Waals surface area contributed by atoms with E-state index in [0.717, 1.165) is 0 Å². The Labute approximate surface area is 83.7 Å². The molecule has 0 unspecified atom stereocenters. The van der Waals surface area contributed by atoms with Gasteiger partial charge in [-0.25, -0.2) is 8.78 Å². The summed E-state index contributed by atoms with van der Waals surface area (Å²) in [6.45, 7) is 0. The number of halogens is 4. The smallest absolute Gasteiger partial charge is 0.257 e. The molecule has 1 aromatic heterocycles. The highest BCUT2D eigenvalue weighted by Crippen LogP contribution is 2.30. The average Bonchev–Trinajstić information content (AvgIpc) is 2.03. The minimum atomic E-state index is -2.70. The van der Waals surface area contributed by atoms with Crippen LogP contribution >= 0.6 is 23.2 Å². The van der Waals surface area contributed by atoms with Crippen molar-refractivity contribution >= 4 is 23.2 Å². The first kappa shape index (κ1) is 10.6. The molecule has 0 bridgehead atoms. The SMILES string of the molecule is N[C@H](c1c(Cl)cncc1Cl)C(F)F. The molecular weight excluding hydrogens is 221 g/mol. The molecule has 0 aliphatic carbocycles. The van der Waals surface area contributed by atoms with Crippen molar-refractivity contribution in [3.05, 3.63) is 28.0 Å². The highest BCUT2D eigenvalue weighted by Gasteiger charge is 2.22. The van der Waals surface area contributed by atoms with E-state index in [1.165, 1.54) is 12.4 Å². The zero-order chi connectivity index (χ0) is 10.0. The van der Waals surface area contributed by atoms with Gasteiger partial charge >= 0.3 is 0 Å². The zero-order valence-corrected chi connectivity index (χ0v) is 7.86. The topological polar surface area (TPSA) is 38.9 Å². The molecule has 2 nitrogen and oxygen atoms in total. The molecule has 0 aliphatic heterocycles. The van der Waals surface area contributed by atoms with Crippen LogP contribution in [-0.4, -0.2) is 11.4 Å². The Balaban J connectivity index is 3.12. The van der Waals surface area contributed by atoms with Crippen molar-refractivity contribution in [1.29, 1.82) is 0 Å². The molecule has 6 heteroatoms. The Kier molecular flexibility index (Phi) is 3.41. The molecule has 1 rings (SSSR count). The largest absolute Gasteiger partial charge is 0.319 e. The predicted octanol–water partition coefficient (Wildman–Crippen LogP) is 2.65. The quantitative estimate of drug-likeness (QED) is 0.843. The van der Waals surface area contributed by atoms with Crippen LogP contribution in [0.4, 0.5) is 8.78 Å². The lowest BCUT2D eigenvalue weighted by molar-refractivity contribution is 0.116. The summed E-state index contributed by atoms with van der Waals surface area (Å²) in [6, 6.07) is -1.47. The molecule has 0 radical (unpaired) electrons. The summed E-state index contributed by atoms with van der Waals surface area (Å²) in [5.74, 6) is 0. The van der Waals surface area contributed by atoms with Crippen LogP contribution in [0.25, 0.3) is 0 Å². The van der Waals surface area contributed by atoms with Crippen molar-refractivity contribution in [2.24, 2.45) is 5.73 Å². The average molecular weight is 227 g/mol. The third kappa shape index (κ3) is 2.27. The Morgan fingerprint density at radius 2 is 1.69 bits per heavy atom. The third-order valence-corrected chi connectivity index (χ3v) is 2.10. The maximum absolute atomic E-state index is 12.2. The van der Waals surface area contributed by atoms with Crippen molar-refractivity contribution in [3.63, 3.8) is 0 Å². The van der Waals surface area contributed by atoms with E-state index in [4.69, 9.17) is 28.9 Å². The lowest BCUT2D eigenvalue weighted by atomic mass is 10.1. The fourth-order valence-electron chi connectivity index (χ4n) is 0.866. The number of nitrogens with two attached hydrogens (primary N) is 1. The van der Waals surface area contributed by atoms with Gasteiger partial charge < -0.3 is 5.73 Å². The van der Waals surface area contributed by atoms with Gasteiger partial charge in [-0.15, -0.1) is 0 Å². The van der Waals surface area contributed by atoms with Gasteiger partial charge in [-0.1, -0.05) is 23.2 Å². The van der Waals surface area contributed by atoms with Crippen LogP contribution in [-0.2, 0) is 0 Å². The van der Waals surface area contributed by atoms with E-state index in [9.17, 15) is 8.78 Å². The van der Waals surface area contributed by atoms with Crippen molar-refractivity contribution < 1.29 is 8.78 Å². The molecular formula is C7H6Cl2F2N2. The van der Waals surface area contributed by atoms with Gasteiger partial charge in [-0.3, -0.25) is 4.98 Å². The van der Waals surface area contributed by atoms with Crippen molar-refractivity contribution in [3.8, 4) is 0 Å². The van der Waals surface area contributed by atoms with Crippen molar-refractivity contribution in [1.82, 2.24) is 4.98 Å². The van der Waals surface area contributed by atoms with Crippen LogP contribution in [0.1, 0.15) is 11.6 Å². The minimum absolute atomic E-state index is 0.0355. The number of nitrogens with zero attached hydrogens (tertiary/aromatic N) is 1. The van der Waals surface area contributed by atoms with E-state index < -0.39 is 12.5 Å². The highest BCUT2D eigenvalue weighted by atomic mass is 35.5. The van der Waals surface area contributed by atoms with E-state index in [-0.39, 0.29) is 15.6 Å². The molecule has 0 saturated heterocycles. The molecule has 0 aliphatic rings. The van der Waals surface area contributed by atoms with Gasteiger partial charge in [0.25, 0.3) is 6.43 Å². The number of rotatable bonds is 2. The van der Waals surface area contributed by atoms with E-state index in [1.54, 1.807) is 0 Å². The molecule has 1 atom stereocenters. The van der Waals surface area contributed by atoms with Gasteiger partial charge in [-0.2, -0.15) is 0 Å². The molecule has 0 aromatic carbocycles. The molecule has 1 heterocycles. The Morgan fingerprint density at radius 3 is 2.08 bits per heavy atom. The molecule has 1 aromatic rings. The van der Waals surface area contributed by atoms with Crippen molar-refractivity contribution in [2.45, 2.75) is 12.5 Å². The van der Waals surface area contributed by atoms with E-state index in [2.05, 4.69) is 4.98 Å². The van der Waals surface area contributed by atoms with Gasteiger partial charge in [0.15, 0.2) is 0 Å². The summed E-state index contributed by atoms with van der Waals surface area (Å²) in [4.78, 5) is 3.62. The lowest BCUT2D eigenvalue weighted by Gasteiger charge is -2.13. The molecule has 13 heavy (non-hydrogen) atoms. The minimum Gasteiger partial charge on any atom is -0.319 e. The highest BCUT2D eigenvalue weighted by molar-refractivity contribution is 6.35. The Morgan fingerprint density at radius 1 is 1.23 bits per heavy atom. The van der Waals surface area contributed by atoms with Gasteiger partial charge in [0, 0.05) is 18.0 Å². The van der Waals surface area contributed by atoms with E-state index in [1.807, 2.05) is 0 Å². The van der Waals surface area contributed by atoms with E-state index in [0.29, 0.717) is 0 Å². The molecule has 0 saturated carbocycles. The summed E-state index contributed by atoms with van der Waals surface area (Å²) < 4.78 is 24.4. The number of alkyl halides is 2. The first-order chi connectivity index (χ1) is 6.04. The first-order valence-corrected chi connectivity index (χ1v) is 4.12. The number of hydrogen-bond donors (Lipinski definition) is 1. The third-order valence-electron chi connectivity index (χ3n) is 1.50. The maximum atomic E-state index is 12.2. The lowest BCUT2D eigenvalue weighted by Crippen LogP contribution is -2.19. The van der Waals surface area contributed by atoms with Crippen LogP contribution in [0.2, 0.25) is 10.0 Å². The fourth-order valence-corrected chi connectivity index (χ4v) is 1.48. The summed E-state index contributed by atoms with van der Waals surface area (Å²) in [5.41, 5.74) is 5.23. The van der Waals surface area contributed by atoms with E-state index >= 15 is 0 Å². The second kappa shape index (κ2) is 4.17. The van der Waals surface area contributed by atoms with Gasteiger partial charge in [0.05, 0.1) is 16.1 Å². The van der Waals surface area contributed by atoms with Gasteiger partial charge in [0.2, 0.25) is 0 Å². The molecule has 72 valence electrons. The number of pyridine rings is 1. The van der Waals surface area contributed by atoms with Gasteiger partial charge in [-0.05, 0) is 0 Å². The van der Waals surface area contributed by atoms with Crippen LogP contribution in [0.5, 0.6) is 0 Å². The number of aromatic nitrogens is 1. The van der Waals surface area contributed by atoms with Crippen molar-refractivity contribution in [2.75, 3.05) is 0 Å². The van der Waals surface area contributed by atoms with Crippen LogP contribution < -0.4 is 5.73 Å². The monoisotopic (exact) mass is 226 g/mol. The normalized spacial score (nSPS) is 13.4. The molecule has 0 amide bonds.